The second-order valence-electron chi connectivity index (χ2n) is 8.53. The van der Waals surface area contributed by atoms with Gasteiger partial charge in [0.05, 0.1) is 32.1 Å². The minimum Gasteiger partial charge on any atom is -0.493 e. The van der Waals surface area contributed by atoms with Gasteiger partial charge in [0.2, 0.25) is 5.75 Å². The average molecular weight is 498 g/mol. The number of methoxy groups -OCH3 is 2. The summed E-state index contributed by atoms with van der Waals surface area (Å²) in [7, 11) is 3.07. The van der Waals surface area contributed by atoms with Gasteiger partial charge in [-0.15, -0.1) is 11.3 Å². The highest BCUT2D eigenvalue weighted by molar-refractivity contribution is 7.14. The maximum absolute atomic E-state index is 13.0. The van der Waals surface area contributed by atoms with Gasteiger partial charge in [0.15, 0.2) is 16.6 Å². The molecule has 0 aliphatic carbocycles. The lowest BCUT2D eigenvalue weighted by atomic mass is 10.1. The van der Waals surface area contributed by atoms with E-state index in [-0.39, 0.29) is 18.1 Å². The summed E-state index contributed by atoms with van der Waals surface area (Å²) >= 11 is 1.40. The van der Waals surface area contributed by atoms with E-state index >= 15 is 0 Å². The quantitative estimate of drug-likeness (QED) is 0.463. The van der Waals surface area contributed by atoms with E-state index in [9.17, 15) is 4.79 Å². The van der Waals surface area contributed by atoms with Crippen molar-refractivity contribution in [2.45, 2.75) is 39.2 Å². The van der Waals surface area contributed by atoms with Gasteiger partial charge in [-0.05, 0) is 31.5 Å². The number of ether oxygens (including phenoxy) is 4. The van der Waals surface area contributed by atoms with E-state index in [4.69, 9.17) is 18.9 Å². The van der Waals surface area contributed by atoms with Crippen LogP contribution in [-0.2, 0) is 17.9 Å². The molecule has 0 saturated carbocycles. The topological polar surface area (TPSA) is 82.2 Å². The molecule has 8 nitrogen and oxygen atoms in total. The molecule has 2 atom stereocenters. The van der Waals surface area contributed by atoms with E-state index in [1.54, 1.807) is 12.1 Å². The smallest absolute Gasteiger partial charge is 0.257 e. The number of carbonyl (C=O) groups excluding carboxylic acids is 1. The van der Waals surface area contributed by atoms with Crippen LogP contribution in [0.25, 0.3) is 0 Å². The Bertz CT molecular complexity index is 1100. The van der Waals surface area contributed by atoms with Crippen LogP contribution in [0.15, 0.2) is 47.8 Å². The maximum atomic E-state index is 13.0. The Morgan fingerprint density at radius 1 is 1.11 bits per heavy atom. The molecular formula is C26H31N3O5S. The number of nitrogens with zero attached hydrogens (tertiary/aromatic N) is 2. The molecule has 1 aliphatic heterocycles. The monoisotopic (exact) mass is 497 g/mol. The van der Waals surface area contributed by atoms with Gasteiger partial charge in [-0.25, -0.2) is 4.98 Å². The highest BCUT2D eigenvalue weighted by atomic mass is 32.1. The van der Waals surface area contributed by atoms with Crippen LogP contribution in [0.3, 0.4) is 0 Å². The van der Waals surface area contributed by atoms with E-state index in [1.165, 1.54) is 25.6 Å². The SMILES string of the molecule is COc1cc(C(=O)Nc2nc(CN3CC(C)OC(C)C3)cs2)cc(OC)c1OCc1ccccc1. The largest absolute Gasteiger partial charge is 0.493 e. The Morgan fingerprint density at radius 3 is 2.40 bits per heavy atom. The standard InChI is InChI=1S/C26H31N3O5S/c1-17-12-29(13-18(2)34-17)14-21-16-35-26(27-21)28-25(30)20-10-22(31-3)24(23(11-20)32-4)33-15-19-8-6-5-7-9-19/h5-11,16-18H,12-15H2,1-4H3,(H,27,28,30). The molecule has 2 heterocycles. The molecule has 3 aromatic rings. The van der Waals surface area contributed by atoms with Gasteiger partial charge in [-0.1, -0.05) is 30.3 Å². The van der Waals surface area contributed by atoms with Crippen molar-refractivity contribution in [2.24, 2.45) is 0 Å². The van der Waals surface area contributed by atoms with Crippen LogP contribution >= 0.6 is 11.3 Å². The van der Waals surface area contributed by atoms with Crippen LogP contribution < -0.4 is 19.5 Å². The number of aromatic nitrogens is 1. The minimum absolute atomic E-state index is 0.196. The molecule has 9 heteroatoms. The molecule has 0 spiro atoms. The van der Waals surface area contributed by atoms with Crippen LogP contribution in [0.4, 0.5) is 5.13 Å². The molecule has 1 saturated heterocycles. The summed E-state index contributed by atoms with van der Waals surface area (Å²) in [6.45, 7) is 6.96. The lowest BCUT2D eigenvalue weighted by Crippen LogP contribution is -2.44. The van der Waals surface area contributed by atoms with Crippen molar-refractivity contribution in [3.63, 3.8) is 0 Å². The molecule has 1 amide bonds. The zero-order valence-corrected chi connectivity index (χ0v) is 21.3. The number of hydrogen-bond acceptors (Lipinski definition) is 8. The third kappa shape index (κ3) is 6.50. The number of nitrogens with one attached hydrogen (secondary N) is 1. The highest BCUT2D eigenvalue weighted by Gasteiger charge is 2.23. The zero-order valence-electron chi connectivity index (χ0n) is 20.4. The fourth-order valence-corrected chi connectivity index (χ4v) is 4.83. The van der Waals surface area contributed by atoms with Crippen molar-refractivity contribution in [3.05, 3.63) is 64.7 Å². The fourth-order valence-electron chi connectivity index (χ4n) is 4.13. The van der Waals surface area contributed by atoms with Crippen molar-refractivity contribution >= 4 is 22.4 Å². The normalized spacial score (nSPS) is 18.2. The van der Waals surface area contributed by atoms with E-state index in [0.717, 1.165) is 30.9 Å². The number of amides is 1. The number of morpholine rings is 1. The molecule has 186 valence electrons. The van der Waals surface area contributed by atoms with Crippen molar-refractivity contribution in [1.29, 1.82) is 0 Å². The van der Waals surface area contributed by atoms with Gasteiger partial charge in [-0.3, -0.25) is 15.0 Å². The fraction of sp³-hybridized carbons (Fsp3) is 0.385. The summed E-state index contributed by atoms with van der Waals surface area (Å²) in [5.41, 5.74) is 2.32. The molecular weight excluding hydrogens is 466 g/mol. The number of carbonyl (C=O) groups is 1. The van der Waals surface area contributed by atoms with E-state index in [1.807, 2.05) is 35.7 Å². The van der Waals surface area contributed by atoms with E-state index in [0.29, 0.717) is 34.6 Å². The predicted octanol–water partition coefficient (Wildman–Crippen LogP) is 4.60. The Labute approximate surface area is 209 Å². The molecule has 2 unspecified atom stereocenters. The van der Waals surface area contributed by atoms with Gasteiger partial charge in [0.25, 0.3) is 5.91 Å². The average Bonchev–Trinajstić information content (AvgIpc) is 3.28. The number of hydrogen-bond donors (Lipinski definition) is 1. The first kappa shape index (κ1) is 25.0. The molecule has 4 rings (SSSR count). The summed E-state index contributed by atoms with van der Waals surface area (Å²) in [6, 6.07) is 13.1. The molecule has 1 aliphatic rings. The maximum Gasteiger partial charge on any atom is 0.257 e. The molecule has 1 N–H and O–H groups in total. The predicted molar refractivity (Wildman–Crippen MR) is 136 cm³/mol. The summed E-state index contributed by atoms with van der Waals surface area (Å²) in [4.78, 5) is 19.9. The van der Waals surface area contributed by atoms with E-state index in [2.05, 4.69) is 29.0 Å². The molecule has 0 bridgehead atoms. The third-order valence-corrected chi connectivity index (χ3v) is 6.41. The first-order valence-corrected chi connectivity index (χ1v) is 12.4. The van der Waals surface area contributed by atoms with E-state index < -0.39 is 0 Å². The van der Waals surface area contributed by atoms with Crippen molar-refractivity contribution in [2.75, 3.05) is 32.6 Å². The minimum atomic E-state index is -0.300. The van der Waals surface area contributed by atoms with Gasteiger partial charge < -0.3 is 18.9 Å². The number of rotatable bonds is 9. The van der Waals surface area contributed by atoms with Gasteiger partial charge in [-0.2, -0.15) is 0 Å². The lowest BCUT2D eigenvalue weighted by Gasteiger charge is -2.34. The molecule has 1 aromatic heterocycles. The summed E-state index contributed by atoms with van der Waals surface area (Å²) in [5.74, 6) is 0.980. The van der Waals surface area contributed by atoms with Crippen LogP contribution in [0.5, 0.6) is 17.2 Å². The molecule has 2 aromatic carbocycles. The van der Waals surface area contributed by atoms with Gasteiger partial charge >= 0.3 is 0 Å². The zero-order chi connectivity index (χ0) is 24.8. The summed E-state index contributed by atoms with van der Waals surface area (Å²) in [6.07, 6.45) is 0.391. The van der Waals surface area contributed by atoms with Crippen molar-refractivity contribution < 1.29 is 23.7 Å². The Kier molecular flexibility index (Phi) is 8.22. The molecule has 35 heavy (non-hydrogen) atoms. The Morgan fingerprint density at radius 2 is 1.77 bits per heavy atom. The summed E-state index contributed by atoms with van der Waals surface area (Å²) < 4.78 is 22.8. The molecule has 1 fully saturated rings. The van der Waals surface area contributed by atoms with Crippen LogP contribution in [0, 0.1) is 0 Å². The van der Waals surface area contributed by atoms with Gasteiger partial charge in [0, 0.05) is 30.6 Å². The van der Waals surface area contributed by atoms with Crippen molar-refractivity contribution in [3.8, 4) is 17.2 Å². The first-order chi connectivity index (χ1) is 16.9. The lowest BCUT2D eigenvalue weighted by molar-refractivity contribution is -0.0707. The van der Waals surface area contributed by atoms with Crippen LogP contribution in [-0.4, -0.2) is 55.3 Å². The second-order valence-corrected chi connectivity index (χ2v) is 9.39. The number of anilines is 1. The Balaban J connectivity index is 1.43. The summed E-state index contributed by atoms with van der Waals surface area (Å²) in [5, 5.41) is 5.40. The highest BCUT2D eigenvalue weighted by Crippen LogP contribution is 2.39. The second kappa shape index (κ2) is 11.5. The first-order valence-electron chi connectivity index (χ1n) is 11.5. The number of benzene rings is 2. The number of thiazole rings is 1. The molecule has 0 radical (unpaired) electrons. The Hall–Kier alpha value is -3.14. The van der Waals surface area contributed by atoms with Crippen molar-refractivity contribution in [1.82, 2.24) is 9.88 Å². The third-order valence-electron chi connectivity index (χ3n) is 5.60. The van der Waals surface area contributed by atoms with Crippen LogP contribution in [0.1, 0.15) is 35.5 Å². The van der Waals surface area contributed by atoms with Gasteiger partial charge in [0.1, 0.15) is 6.61 Å². The van der Waals surface area contributed by atoms with Crippen LogP contribution in [0.2, 0.25) is 0 Å².